The minimum absolute atomic E-state index is 0.0125. The molecule has 7 nitrogen and oxygen atoms in total. The van der Waals surface area contributed by atoms with Crippen molar-refractivity contribution in [3.8, 4) is 0 Å². The Labute approximate surface area is 160 Å². The molecule has 0 bridgehead atoms. The molecule has 0 saturated heterocycles. The third-order valence-corrected chi connectivity index (χ3v) is 6.93. The van der Waals surface area contributed by atoms with Crippen molar-refractivity contribution in [2.24, 2.45) is 0 Å². The monoisotopic (exact) mass is 402 g/mol. The fourth-order valence-corrected chi connectivity index (χ4v) is 5.74. The molecule has 9 heteroatoms. The molecule has 0 aliphatic heterocycles. The molecular weight excluding hydrogens is 372 g/mol. The molecule has 2 aliphatic rings. The Morgan fingerprint density at radius 2 is 1.81 bits per heavy atom. The predicted octanol–water partition coefficient (Wildman–Crippen LogP) is 2.33. The van der Waals surface area contributed by atoms with Crippen molar-refractivity contribution in [3.05, 3.63) is 11.6 Å². The Balaban J connectivity index is 1.65. The molecule has 0 radical (unpaired) electrons. The Kier molecular flexibility index (Phi) is 6.90. The summed E-state index contributed by atoms with van der Waals surface area (Å²) in [6.45, 7) is 0. The molecule has 2 fully saturated rings. The SMILES string of the molecule is CS(=O)(=O)NC1CCC(N(C2CCCCC2)C(O)Nc2nccs2)CC1. The number of aliphatic hydroxyl groups is 1. The van der Waals surface area contributed by atoms with Crippen LogP contribution in [0.4, 0.5) is 5.13 Å². The van der Waals surface area contributed by atoms with Gasteiger partial charge in [-0.25, -0.2) is 18.1 Å². The Hall–Kier alpha value is -0.740. The third kappa shape index (κ3) is 5.63. The lowest BCUT2D eigenvalue weighted by Crippen LogP contribution is -2.55. The molecule has 1 unspecified atom stereocenters. The van der Waals surface area contributed by atoms with Gasteiger partial charge in [-0.3, -0.25) is 4.90 Å². The van der Waals surface area contributed by atoms with Gasteiger partial charge < -0.3 is 10.4 Å². The van der Waals surface area contributed by atoms with Crippen LogP contribution in [0.3, 0.4) is 0 Å². The van der Waals surface area contributed by atoms with Crippen LogP contribution in [-0.4, -0.2) is 54.1 Å². The average molecular weight is 403 g/mol. The summed E-state index contributed by atoms with van der Waals surface area (Å²) in [5, 5.41) is 16.7. The second-order valence-corrected chi connectivity index (χ2v) is 10.2. The maximum Gasteiger partial charge on any atom is 0.208 e. The molecule has 0 amide bonds. The first-order valence-corrected chi connectivity index (χ1v) is 12.3. The van der Waals surface area contributed by atoms with Gasteiger partial charge in [-0.1, -0.05) is 19.3 Å². The van der Waals surface area contributed by atoms with E-state index in [0.717, 1.165) is 43.7 Å². The molecule has 1 aromatic heterocycles. The molecule has 2 aliphatic carbocycles. The summed E-state index contributed by atoms with van der Waals surface area (Å²) in [4.78, 5) is 6.46. The van der Waals surface area contributed by atoms with E-state index in [1.165, 1.54) is 36.9 Å². The summed E-state index contributed by atoms with van der Waals surface area (Å²) < 4.78 is 25.7. The molecule has 0 spiro atoms. The summed E-state index contributed by atoms with van der Waals surface area (Å²) in [7, 11) is -3.16. The fourth-order valence-electron chi connectivity index (χ4n) is 4.35. The molecule has 0 aromatic carbocycles. The molecule has 26 heavy (non-hydrogen) atoms. The van der Waals surface area contributed by atoms with Crippen LogP contribution in [0, 0.1) is 0 Å². The van der Waals surface area contributed by atoms with Gasteiger partial charge >= 0.3 is 0 Å². The maximum atomic E-state index is 11.5. The average Bonchev–Trinajstić information content (AvgIpc) is 3.09. The van der Waals surface area contributed by atoms with Crippen molar-refractivity contribution < 1.29 is 13.5 Å². The molecule has 3 N–H and O–H groups in total. The van der Waals surface area contributed by atoms with E-state index in [1.54, 1.807) is 6.20 Å². The number of hydrogen-bond acceptors (Lipinski definition) is 7. The highest BCUT2D eigenvalue weighted by Crippen LogP contribution is 2.32. The van der Waals surface area contributed by atoms with Gasteiger partial charge in [0.15, 0.2) is 11.5 Å². The van der Waals surface area contributed by atoms with Gasteiger partial charge in [-0.05, 0) is 38.5 Å². The number of thiazole rings is 1. The van der Waals surface area contributed by atoms with Crippen LogP contribution in [0.25, 0.3) is 0 Å². The number of aliphatic hydroxyl groups excluding tert-OH is 1. The van der Waals surface area contributed by atoms with Gasteiger partial charge in [0.25, 0.3) is 0 Å². The summed E-state index contributed by atoms with van der Waals surface area (Å²) in [6.07, 6.45) is 11.5. The minimum Gasteiger partial charge on any atom is -0.361 e. The fraction of sp³-hybridized carbons (Fsp3) is 0.824. The first-order valence-electron chi connectivity index (χ1n) is 9.51. The van der Waals surface area contributed by atoms with Crippen LogP contribution in [0.2, 0.25) is 0 Å². The van der Waals surface area contributed by atoms with Crippen molar-refractivity contribution >= 4 is 26.5 Å². The van der Waals surface area contributed by atoms with Gasteiger partial charge in [0.05, 0.1) is 6.26 Å². The number of nitrogens with one attached hydrogen (secondary N) is 2. The molecular formula is C17H30N4O3S2. The lowest BCUT2D eigenvalue weighted by atomic mass is 9.87. The Bertz CT molecular complexity index is 639. The van der Waals surface area contributed by atoms with Crippen molar-refractivity contribution in [2.75, 3.05) is 11.6 Å². The van der Waals surface area contributed by atoms with E-state index in [1.807, 2.05) is 5.38 Å². The van der Waals surface area contributed by atoms with Gasteiger partial charge in [-0.15, -0.1) is 11.3 Å². The highest BCUT2D eigenvalue weighted by molar-refractivity contribution is 7.88. The topological polar surface area (TPSA) is 94.6 Å². The quantitative estimate of drug-likeness (QED) is 0.606. The summed E-state index contributed by atoms with van der Waals surface area (Å²) in [6, 6.07) is 0.646. The number of hydrogen-bond donors (Lipinski definition) is 3. The summed E-state index contributed by atoms with van der Waals surface area (Å²) >= 11 is 1.48. The van der Waals surface area contributed by atoms with Crippen molar-refractivity contribution in [1.82, 2.24) is 14.6 Å². The molecule has 3 rings (SSSR count). The lowest BCUT2D eigenvalue weighted by Gasteiger charge is -2.45. The van der Waals surface area contributed by atoms with Crippen LogP contribution < -0.4 is 10.0 Å². The summed E-state index contributed by atoms with van der Waals surface area (Å²) in [5.41, 5.74) is 0. The number of sulfonamides is 1. The second-order valence-electron chi connectivity index (χ2n) is 7.49. The van der Waals surface area contributed by atoms with E-state index >= 15 is 0 Å². The molecule has 1 aromatic rings. The largest absolute Gasteiger partial charge is 0.361 e. The van der Waals surface area contributed by atoms with Crippen molar-refractivity contribution in [3.63, 3.8) is 0 Å². The van der Waals surface area contributed by atoms with Gasteiger partial charge in [-0.2, -0.15) is 0 Å². The first kappa shape index (κ1) is 20.0. The smallest absolute Gasteiger partial charge is 0.208 e. The zero-order valence-electron chi connectivity index (χ0n) is 15.3. The Morgan fingerprint density at radius 1 is 1.15 bits per heavy atom. The van der Waals surface area contributed by atoms with Crippen LogP contribution >= 0.6 is 11.3 Å². The molecule has 148 valence electrons. The van der Waals surface area contributed by atoms with Crippen molar-refractivity contribution in [1.29, 1.82) is 0 Å². The molecule has 2 saturated carbocycles. The number of rotatable bonds is 7. The zero-order valence-corrected chi connectivity index (χ0v) is 16.9. The number of anilines is 1. The standard InChI is InChI=1S/C17H30N4O3S2/c1-26(23,24)20-13-7-9-15(10-8-13)21(14-5-3-2-4-6-14)17(22)19-16-18-11-12-25-16/h11-15,17,20,22H,2-10H2,1H3,(H,18,19). The molecule has 1 atom stereocenters. The predicted molar refractivity (Wildman–Crippen MR) is 104 cm³/mol. The highest BCUT2D eigenvalue weighted by Gasteiger charge is 2.35. The van der Waals surface area contributed by atoms with Crippen LogP contribution in [0.15, 0.2) is 11.6 Å². The van der Waals surface area contributed by atoms with Crippen LogP contribution in [0.5, 0.6) is 0 Å². The van der Waals surface area contributed by atoms with E-state index in [-0.39, 0.29) is 12.1 Å². The van der Waals surface area contributed by atoms with Gasteiger partial charge in [0, 0.05) is 29.7 Å². The molecule has 1 heterocycles. The van der Waals surface area contributed by atoms with E-state index in [4.69, 9.17) is 0 Å². The summed E-state index contributed by atoms with van der Waals surface area (Å²) in [5.74, 6) is 0. The second kappa shape index (κ2) is 8.97. The highest BCUT2D eigenvalue weighted by atomic mass is 32.2. The van der Waals surface area contributed by atoms with E-state index < -0.39 is 16.4 Å². The maximum absolute atomic E-state index is 11.5. The lowest BCUT2D eigenvalue weighted by molar-refractivity contribution is -0.0559. The van der Waals surface area contributed by atoms with Crippen molar-refractivity contribution in [2.45, 2.75) is 82.3 Å². The van der Waals surface area contributed by atoms with Gasteiger partial charge in [0.2, 0.25) is 10.0 Å². The van der Waals surface area contributed by atoms with Gasteiger partial charge in [0.1, 0.15) is 0 Å². The number of aromatic nitrogens is 1. The number of nitrogens with zero attached hydrogens (tertiary/aromatic N) is 2. The third-order valence-electron chi connectivity index (χ3n) is 5.46. The van der Waals surface area contributed by atoms with E-state index in [9.17, 15) is 13.5 Å². The van der Waals surface area contributed by atoms with Crippen LogP contribution in [0.1, 0.15) is 57.8 Å². The zero-order chi connectivity index (χ0) is 18.6. The Morgan fingerprint density at radius 3 is 2.38 bits per heavy atom. The van der Waals surface area contributed by atoms with Crippen LogP contribution in [-0.2, 0) is 10.0 Å². The first-order chi connectivity index (χ1) is 12.4. The minimum atomic E-state index is -3.16. The van der Waals surface area contributed by atoms with E-state index in [2.05, 4.69) is 19.9 Å². The van der Waals surface area contributed by atoms with E-state index in [0.29, 0.717) is 6.04 Å². The normalized spacial score (nSPS) is 26.7.